The highest BCUT2D eigenvalue weighted by molar-refractivity contribution is 5.52. The molecule has 15 heavy (non-hydrogen) atoms. The topological polar surface area (TPSA) is 52.0 Å². The highest BCUT2D eigenvalue weighted by atomic mass is 15.1. The van der Waals surface area contributed by atoms with Gasteiger partial charge in [-0.1, -0.05) is 0 Å². The van der Waals surface area contributed by atoms with E-state index in [2.05, 4.69) is 21.3 Å². The van der Waals surface area contributed by atoms with Crippen molar-refractivity contribution in [3.63, 3.8) is 0 Å². The Hall–Kier alpha value is -1.60. The first-order valence-corrected chi connectivity index (χ1v) is 4.90. The Bertz CT molecular complexity index is 365. The molecule has 4 nitrogen and oxygen atoms in total. The second-order valence-corrected chi connectivity index (χ2v) is 3.69. The lowest BCUT2D eigenvalue weighted by Crippen LogP contribution is -2.21. The van der Waals surface area contributed by atoms with Gasteiger partial charge in [0.25, 0.3) is 0 Å². The van der Waals surface area contributed by atoms with Gasteiger partial charge in [0.2, 0.25) is 0 Å². The quantitative estimate of drug-likeness (QED) is 0.801. The fraction of sp³-hybridized carbons (Fsp3) is 0.455. The van der Waals surface area contributed by atoms with E-state index < -0.39 is 0 Å². The third kappa shape index (κ3) is 3.56. The molecule has 0 atom stereocenters. The van der Waals surface area contributed by atoms with E-state index in [-0.39, 0.29) is 0 Å². The molecular weight excluding hydrogens is 188 g/mol. The van der Waals surface area contributed by atoms with Crippen LogP contribution >= 0.6 is 0 Å². The summed E-state index contributed by atoms with van der Waals surface area (Å²) in [6.45, 7) is 3.62. The van der Waals surface area contributed by atoms with Gasteiger partial charge >= 0.3 is 0 Å². The molecule has 0 radical (unpaired) electrons. The van der Waals surface area contributed by atoms with Crippen LogP contribution in [0.5, 0.6) is 0 Å². The lowest BCUT2D eigenvalue weighted by Gasteiger charge is -2.11. The van der Waals surface area contributed by atoms with Gasteiger partial charge in [-0.25, -0.2) is 4.98 Å². The number of nitriles is 1. The van der Waals surface area contributed by atoms with Gasteiger partial charge in [-0.2, -0.15) is 5.26 Å². The normalized spacial score (nSPS) is 10.1. The van der Waals surface area contributed by atoms with E-state index in [9.17, 15) is 0 Å². The molecule has 0 fully saturated rings. The Morgan fingerprint density at radius 2 is 2.20 bits per heavy atom. The number of pyridine rings is 1. The molecule has 1 aromatic heterocycles. The zero-order valence-corrected chi connectivity index (χ0v) is 9.41. The molecule has 1 N–H and O–H groups in total. The number of likely N-dealkylation sites (N-methyl/N-ethyl adjacent to an activating group) is 1. The maximum Gasteiger partial charge on any atom is 0.144 e. The van der Waals surface area contributed by atoms with Crippen LogP contribution in [0.2, 0.25) is 0 Å². The van der Waals surface area contributed by atoms with Gasteiger partial charge in [-0.3, -0.25) is 0 Å². The number of aryl methyl sites for hydroxylation is 1. The number of hydrogen-bond donors (Lipinski definition) is 1. The summed E-state index contributed by atoms with van der Waals surface area (Å²) in [4.78, 5) is 6.37. The minimum Gasteiger partial charge on any atom is -0.368 e. The Labute approximate surface area is 90.5 Å². The van der Waals surface area contributed by atoms with Crippen LogP contribution in [0.15, 0.2) is 12.1 Å². The molecule has 0 amide bonds. The fourth-order valence-corrected chi connectivity index (χ4v) is 1.18. The van der Waals surface area contributed by atoms with E-state index in [0.29, 0.717) is 11.4 Å². The summed E-state index contributed by atoms with van der Waals surface area (Å²) in [5.74, 6) is 0.680. The Kier molecular flexibility index (Phi) is 4.07. The second-order valence-electron chi connectivity index (χ2n) is 3.69. The van der Waals surface area contributed by atoms with E-state index in [0.717, 1.165) is 18.8 Å². The molecular formula is C11H16N4. The zero-order chi connectivity index (χ0) is 11.3. The number of nitrogens with zero attached hydrogens (tertiary/aromatic N) is 3. The molecule has 0 unspecified atom stereocenters. The molecule has 0 spiro atoms. The largest absolute Gasteiger partial charge is 0.368 e. The van der Waals surface area contributed by atoms with Crippen LogP contribution in [0, 0.1) is 18.3 Å². The highest BCUT2D eigenvalue weighted by Crippen LogP contribution is 2.11. The maximum absolute atomic E-state index is 8.88. The van der Waals surface area contributed by atoms with E-state index in [1.807, 2.05) is 27.1 Å². The smallest absolute Gasteiger partial charge is 0.144 e. The minimum atomic E-state index is 0.597. The number of hydrogen-bond acceptors (Lipinski definition) is 4. The van der Waals surface area contributed by atoms with Crippen LogP contribution in [0.3, 0.4) is 0 Å². The molecule has 0 bridgehead atoms. The van der Waals surface area contributed by atoms with Crippen LogP contribution in [-0.4, -0.2) is 37.1 Å². The lowest BCUT2D eigenvalue weighted by molar-refractivity contribution is 0.425. The predicted molar refractivity (Wildman–Crippen MR) is 60.7 cm³/mol. The van der Waals surface area contributed by atoms with Crippen molar-refractivity contribution in [2.45, 2.75) is 6.92 Å². The first kappa shape index (κ1) is 11.5. The van der Waals surface area contributed by atoms with E-state index >= 15 is 0 Å². The predicted octanol–water partition coefficient (Wildman–Crippen LogP) is 1.24. The molecule has 0 saturated carbocycles. The number of anilines is 1. The summed E-state index contributed by atoms with van der Waals surface area (Å²) in [7, 11) is 4.02. The lowest BCUT2D eigenvalue weighted by atomic mass is 10.2. The van der Waals surface area contributed by atoms with Gasteiger partial charge in [0, 0.05) is 18.8 Å². The fourth-order valence-electron chi connectivity index (χ4n) is 1.18. The molecule has 0 aliphatic heterocycles. The average molecular weight is 204 g/mol. The van der Waals surface area contributed by atoms with Gasteiger partial charge in [0.15, 0.2) is 0 Å². The van der Waals surface area contributed by atoms with Crippen molar-refractivity contribution in [2.24, 2.45) is 0 Å². The Morgan fingerprint density at radius 3 is 2.80 bits per heavy atom. The molecule has 80 valence electrons. The molecule has 1 rings (SSSR count). The van der Waals surface area contributed by atoms with Crippen molar-refractivity contribution in [2.75, 3.05) is 32.5 Å². The molecule has 1 heterocycles. The van der Waals surface area contributed by atoms with Crippen molar-refractivity contribution >= 4 is 5.82 Å². The van der Waals surface area contributed by atoms with Crippen molar-refractivity contribution in [3.05, 3.63) is 23.4 Å². The van der Waals surface area contributed by atoms with Crippen LogP contribution in [0.1, 0.15) is 11.3 Å². The van der Waals surface area contributed by atoms with Crippen molar-refractivity contribution in [1.82, 2.24) is 9.88 Å². The van der Waals surface area contributed by atoms with Crippen molar-refractivity contribution in [1.29, 1.82) is 5.26 Å². The molecule has 0 aromatic carbocycles. The van der Waals surface area contributed by atoms with Crippen LogP contribution in [0.25, 0.3) is 0 Å². The van der Waals surface area contributed by atoms with Gasteiger partial charge in [-0.05, 0) is 33.2 Å². The third-order valence-electron chi connectivity index (χ3n) is 2.01. The first-order valence-electron chi connectivity index (χ1n) is 4.90. The summed E-state index contributed by atoms with van der Waals surface area (Å²) in [5.41, 5.74) is 1.51. The number of aromatic nitrogens is 1. The van der Waals surface area contributed by atoms with Gasteiger partial charge in [0.1, 0.15) is 11.9 Å². The second kappa shape index (κ2) is 5.32. The van der Waals surface area contributed by atoms with Gasteiger partial charge in [-0.15, -0.1) is 0 Å². The molecule has 4 heteroatoms. The molecule has 0 aliphatic carbocycles. The zero-order valence-electron chi connectivity index (χ0n) is 9.41. The van der Waals surface area contributed by atoms with E-state index in [4.69, 9.17) is 5.26 Å². The summed E-state index contributed by atoms with van der Waals surface area (Å²) in [6, 6.07) is 5.76. The minimum absolute atomic E-state index is 0.597. The van der Waals surface area contributed by atoms with Crippen LogP contribution in [0.4, 0.5) is 5.82 Å². The maximum atomic E-state index is 8.88. The van der Waals surface area contributed by atoms with Gasteiger partial charge < -0.3 is 10.2 Å². The first-order chi connectivity index (χ1) is 7.13. The van der Waals surface area contributed by atoms with Crippen LogP contribution < -0.4 is 5.32 Å². The highest BCUT2D eigenvalue weighted by Gasteiger charge is 2.02. The van der Waals surface area contributed by atoms with E-state index in [1.165, 1.54) is 0 Å². The summed E-state index contributed by atoms with van der Waals surface area (Å²) in [5, 5.41) is 12.0. The van der Waals surface area contributed by atoms with E-state index in [1.54, 1.807) is 6.07 Å². The monoisotopic (exact) mass is 204 g/mol. The summed E-state index contributed by atoms with van der Waals surface area (Å²) < 4.78 is 0. The SMILES string of the molecule is Cc1ccc(C#N)c(NCCN(C)C)n1. The standard InChI is InChI=1S/C11H16N4/c1-9-4-5-10(8-12)11(14-9)13-6-7-15(2)3/h4-5H,6-7H2,1-3H3,(H,13,14). The summed E-state index contributed by atoms with van der Waals surface area (Å²) in [6.07, 6.45) is 0. The average Bonchev–Trinajstić information content (AvgIpc) is 2.17. The third-order valence-corrected chi connectivity index (χ3v) is 2.01. The summed E-state index contributed by atoms with van der Waals surface area (Å²) >= 11 is 0. The molecule has 0 aliphatic rings. The molecule has 0 saturated heterocycles. The van der Waals surface area contributed by atoms with Crippen LogP contribution in [-0.2, 0) is 0 Å². The Balaban J connectivity index is 2.67. The number of nitrogens with one attached hydrogen (secondary N) is 1. The molecule has 1 aromatic rings. The Morgan fingerprint density at radius 1 is 1.47 bits per heavy atom. The van der Waals surface area contributed by atoms with Crippen molar-refractivity contribution < 1.29 is 0 Å². The van der Waals surface area contributed by atoms with Crippen molar-refractivity contribution in [3.8, 4) is 6.07 Å². The number of rotatable bonds is 4. The van der Waals surface area contributed by atoms with Gasteiger partial charge in [0.05, 0.1) is 5.56 Å².